The molecule has 0 bridgehead atoms. The number of aromatic nitrogens is 3. The highest BCUT2D eigenvalue weighted by atomic mass is 32.1. The normalized spacial score (nSPS) is 9.89. The summed E-state index contributed by atoms with van der Waals surface area (Å²) in [6.07, 6.45) is 1.66. The van der Waals surface area contributed by atoms with Crippen molar-refractivity contribution in [1.82, 2.24) is 14.6 Å². The Morgan fingerprint density at radius 1 is 1.17 bits per heavy atom. The first-order valence-corrected chi connectivity index (χ1v) is 5.71. The highest BCUT2D eigenvalue weighted by Gasteiger charge is 2.10. The molecule has 18 heavy (non-hydrogen) atoms. The van der Waals surface area contributed by atoms with Gasteiger partial charge in [0.15, 0.2) is 5.82 Å². The maximum Gasteiger partial charge on any atom is 0.287 e. The fourth-order valence-electron chi connectivity index (χ4n) is 1.31. The molecule has 0 amide bonds. The van der Waals surface area contributed by atoms with E-state index in [1.165, 1.54) is 23.7 Å². The van der Waals surface area contributed by atoms with Gasteiger partial charge in [0.25, 0.3) is 5.56 Å². The number of fused-ring (bicyclic) bond motifs is 1. The van der Waals surface area contributed by atoms with E-state index in [2.05, 4.69) is 14.6 Å². The molecule has 2 aromatic heterocycles. The average Bonchev–Trinajstić information content (AvgIpc) is 2.95. The summed E-state index contributed by atoms with van der Waals surface area (Å²) in [4.78, 5) is 13.0. The van der Waals surface area contributed by atoms with Gasteiger partial charge in [-0.2, -0.15) is 4.39 Å². The number of nitrogens with zero attached hydrogens (tertiary/aromatic N) is 2. The monoisotopic (exact) mass is 267 g/mol. The molecular formula is C11H7F2N3OS. The second-order valence-corrected chi connectivity index (χ2v) is 3.86. The molecule has 7 heteroatoms. The number of benzene rings is 1. The smallest absolute Gasteiger partial charge is 0.287 e. The molecule has 3 rings (SSSR count). The summed E-state index contributed by atoms with van der Waals surface area (Å²) in [6, 6.07) is 6.13. The molecule has 1 N–H and O–H groups in total. The van der Waals surface area contributed by atoms with E-state index in [0.717, 1.165) is 0 Å². The second kappa shape index (κ2) is 5.46. The molecular weight excluding hydrogens is 260 g/mol. The van der Waals surface area contributed by atoms with Gasteiger partial charge in [-0.15, -0.1) is 5.10 Å². The van der Waals surface area contributed by atoms with Gasteiger partial charge in [0, 0.05) is 10.8 Å². The molecule has 0 aliphatic rings. The van der Waals surface area contributed by atoms with E-state index >= 15 is 0 Å². The number of rotatable bonds is 0. The fourth-order valence-corrected chi connectivity index (χ4v) is 1.59. The van der Waals surface area contributed by atoms with Crippen molar-refractivity contribution >= 4 is 22.4 Å². The summed E-state index contributed by atoms with van der Waals surface area (Å²) in [5.74, 6) is -2.46. The fraction of sp³-hybridized carbons (Fsp3) is 0. The van der Waals surface area contributed by atoms with E-state index in [9.17, 15) is 13.6 Å². The van der Waals surface area contributed by atoms with Crippen LogP contribution in [0.1, 0.15) is 0 Å². The quantitative estimate of drug-likeness (QED) is 0.680. The number of hydrogen-bond acceptors (Lipinski definition) is 4. The zero-order valence-electron chi connectivity index (χ0n) is 8.93. The summed E-state index contributed by atoms with van der Waals surface area (Å²) in [7, 11) is 0. The Labute approximate surface area is 104 Å². The van der Waals surface area contributed by atoms with E-state index in [1.807, 2.05) is 5.38 Å². The second-order valence-electron chi connectivity index (χ2n) is 3.22. The Kier molecular flexibility index (Phi) is 3.73. The van der Waals surface area contributed by atoms with E-state index in [-0.39, 0.29) is 5.39 Å². The van der Waals surface area contributed by atoms with Crippen LogP contribution in [0.5, 0.6) is 0 Å². The predicted molar refractivity (Wildman–Crippen MR) is 64.4 cm³/mol. The van der Waals surface area contributed by atoms with Crippen LogP contribution in [-0.2, 0) is 0 Å². The van der Waals surface area contributed by atoms with Crippen molar-refractivity contribution in [1.29, 1.82) is 0 Å². The Bertz CT molecular complexity index is 680. The molecule has 92 valence electrons. The summed E-state index contributed by atoms with van der Waals surface area (Å²) in [5.41, 5.74) is -0.734. The molecule has 1 aromatic carbocycles. The van der Waals surface area contributed by atoms with Gasteiger partial charge in [0.2, 0.25) is 5.82 Å². The minimum atomic E-state index is -1.36. The van der Waals surface area contributed by atoms with Crippen molar-refractivity contribution in [3.05, 3.63) is 57.8 Å². The summed E-state index contributed by atoms with van der Waals surface area (Å²) in [6.45, 7) is 0. The van der Waals surface area contributed by atoms with Gasteiger partial charge in [-0.25, -0.2) is 4.39 Å². The largest absolute Gasteiger partial charge is 0.319 e. The van der Waals surface area contributed by atoms with Crippen LogP contribution in [0, 0.1) is 11.6 Å². The van der Waals surface area contributed by atoms with Crippen LogP contribution in [0.2, 0.25) is 0 Å². The highest BCUT2D eigenvalue weighted by Crippen LogP contribution is 2.14. The lowest BCUT2D eigenvalue weighted by Gasteiger charge is -1.98. The molecule has 0 aliphatic carbocycles. The van der Waals surface area contributed by atoms with E-state index in [1.54, 1.807) is 18.3 Å². The molecule has 0 saturated carbocycles. The maximum atomic E-state index is 13.1. The molecule has 3 aromatic rings. The molecule has 0 spiro atoms. The van der Waals surface area contributed by atoms with Gasteiger partial charge in [-0.3, -0.25) is 4.79 Å². The Morgan fingerprint density at radius 3 is 2.56 bits per heavy atom. The van der Waals surface area contributed by atoms with Crippen LogP contribution >= 0.6 is 11.5 Å². The summed E-state index contributed by atoms with van der Waals surface area (Å²) in [5, 5.41) is 5.39. The van der Waals surface area contributed by atoms with Crippen molar-refractivity contribution < 1.29 is 8.78 Å². The average molecular weight is 267 g/mol. The first-order chi connectivity index (χ1) is 8.70. The molecule has 0 radical (unpaired) electrons. The third kappa shape index (κ3) is 2.57. The van der Waals surface area contributed by atoms with Gasteiger partial charge in [0.05, 0.1) is 11.7 Å². The number of para-hydroxylation sites is 1. The summed E-state index contributed by atoms with van der Waals surface area (Å²) < 4.78 is 29.3. The third-order valence-electron chi connectivity index (χ3n) is 2.09. The molecule has 0 unspecified atom stereocenters. The Morgan fingerprint density at radius 2 is 1.94 bits per heavy atom. The zero-order valence-corrected chi connectivity index (χ0v) is 9.75. The molecule has 0 atom stereocenters. The topological polar surface area (TPSA) is 58.6 Å². The number of pyridine rings is 1. The van der Waals surface area contributed by atoms with E-state index in [4.69, 9.17) is 0 Å². The molecule has 0 saturated heterocycles. The lowest BCUT2D eigenvalue weighted by molar-refractivity contribution is 0.505. The van der Waals surface area contributed by atoms with E-state index < -0.39 is 17.2 Å². The first-order valence-electron chi connectivity index (χ1n) is 4.87. The maximum absolute atomic E-state index is 13.1. The Balaban J connectivity index is 0.000000202. The van der Waals surface area contributed by atoms with Crippen LogP contribution in [0.3, 0.4) is 0 Å². The van der Waals surface area contributed by atoms with Gasteiger partial charge in [-0.05, 0) is 23.7 Å². The van der Waals surface area contributed by atoms with Crippen molar-refractivity contribution in [2.75, 3.05) is 0 Å². The number of aromatic amines is 1. The minimum absolute atomic E-state index is 0.0830. The van der Waals surface area contributed by atoms with Crippen molar-refractivity contribution in [3.8, 4) is 0 Å². The minimum Gasteiger partial charge on any atom is -0.319 e. The third-order valence-corrected chi connectivity index (χ3v) is 2.52. The van der Waals surface area contributed by atoms with Crippen LogP contribution in [0.25, 0.3) is 10.9 Å². The highest BCUT2D eigenvalue weighted by molar-refractivity contribution is 7.03. The molecule has 0 fully saturated rings. The van der Waals surface area contributed by atoms with Crippen LogP contribution in [0.15, 0.2) is 40.6 Å². The van der Waals surface area contributed by atoms with Crippen LogP contribution in [-0.4, -0.2) is 14.6 Å². The van der Waals surface area contributed by atoms with Crippen LogP contribution in [0.4, 0.5) is 8.78 Å². The molecule has 2 heterocycles. The Hall–Kier alpha value is -2.15. The van der Waals surface area contributed by atoms with Crippen molar-refractivity contribution in [3.63, 3.8) is 0 Å². The number of halogens is 2. The molecule has 0 aliphatic heterocycles. The van der Waals surface area contributed by atoms with Crippen LogP contribution < -0.4 is 5.56 Å². The lowest BCUT2D eigenvalue weighted by Crippen LogP contribution is -2.12. The summed E-state index contributed by atoms with van der Waals surface area (Å²) >= 11 is 1.35. The first kappa shape index (κ1) is 12.3. The molecule has 4 nitrogen and oxygen atoms in total. The predicted octanol–water partition coefficient (Wildman–Crippen LogP) is 2.34. The zero-order chi connectivity index (χ0) is 13.0. The van der Waals surface area contributed by atoms with Crippen molar-refractivity contribution in [2.45, 2.75) is 0 Å². The number of H-pyrrole nitrogens is 1. The van der Waals surface area contributed by atoms with E-state index in [0.29, 0.717) is 5.52 Å². The van der Waals surface area contributed by atoms with Gasteiger partial charge >= 0.3 is 0 Å². The van der Waals surface area contributed by atoms with Gasteiger partial charge < -0.3 is 4.98 Å². The lowest BCUT2D eigenvalue weighted by atomic mass is 10.2. The SMILES string of the molecule is O=c1[nH]c2ccccc2c(F)c1F.c1csnn1. The van der Waals surface area contributed by atoms with Gasteiger partial charge in [0.1, 0.15) is 0 Å². The number of hydrogen-bond donors (Lipinski definition) is 1. The van der Waals surface area contributed by atoms with Crippen molar-refractivity contribution in [2.24, 2.45) is 0 Å². The standard InChI is InChI=1S/C9H5F2NO.C2H2N2S/c10-7-5-3-1-2-4-6(5)12-9(13)8(7)11;1-2-5-4-3-1/h1-4H,(H,12,13);1-2H. The van der Waals surface area contributed by atoms with Gasteiger partial charge in [-0.1, -0.05) is 16.6 Å². The number of nitrogens with one attached hydrogen (secondary N) is 1.